The molecule has 1 fully saturated rings. The number of hydrogen-bond acceptors (Lipinski definition) is 6. The first kappa shape index (κ1) is 13.5. The molecule has 1 aromatic rings. The molecule has 1 aliphatic heterocycles. The Morgan fingerprint density at radius 1 is 1.44 bits per heavy atom. The highest BCUT2D eigenvalue weighted by Gasteiger charge is 2.33. The van der Waals surface area contributed by atoms with Crippen molar-refractivity contribution in [2.75, 3.05) is 26.9 Å². The molecule has 0 amide bonds. The van der Waals surface area contributed by atoms with Crippen LogP contribution >= 0.6 is 0 Å². The predicted molar refractivity (Wildman–Crippen MR) is 65.4 cm³/mol. The highest BCUT2D eigenvalue weighted by atomic mass is 16.5. The molecule has 2 rings (SSSR count). The van der Waals surface area contributed by atoms with Crippen molar-refractivity contribution < 1.29 is 14.0 Å². The number of rotatable bonds is 6. The van der Waals surface area contributed by atoms with Gasteiger partial charge >= 0.3 is 0 Å². The second-order valence-corrected chi connectivity index (χ2v) is 4.38. The second kappa shape index (κ2) is 6.26. The fourth-order valence-electron chi connectivity index (χ4n) is 2.19. The second-order valence-electron chi connectivity index (χ2n) is 4.38. The van der Waals surface area contributed by atoms with E-state index >= 15 is 0 Å². The van der Waals surface area contributed by atoms with Gasteiger partial charge in [-0.05, 0) is 20.4 Å². The van der Waals surface area contributed by atoms with Crippen molar-refractivity contribution in [2.45, 2.75) is 38.3 Å². The van der Waals surface area contributed by atoms with Crippen LogP contribution in [0.1, 0.15) is 44.0 Å². The minimum atomic E-state index is -0.0807. The van der Waals surface area contributed by atoms with Crippen LogP contribution in [0.3, 0.4) is 0 Å². The average Bonchev–Trinajstić information content (AvgIpc) is 3.03. The fourth-order valence-corrected chi connectivity index (χ4v) is 2.19. The first-order chi connectivity index (χ1) is 8.80. The van der Waals surface area contributed by atoms with E-state index in [-0.39, 0.29) is 18.1 Å². The van der Waals surface area contributed by atoms with E-state index in [9.17, 15) is 0 Å². The first-order valence-corrected chi connectivity index (χ1v) is 6.50. The monoisotopic (exact) mass is 255 g/mol. The smallest absolute Gasteiger partial charge is 0.233 e. The minimum absolute atomic E-state index is 0.0807. The number of nitrogens with zero attached hydrogens (tertiary/aromatic N) is 2. The van der Waals surface area contributed by atoms with Crippen LogP contribution in [0.4, 0.5) is 0 Å². The molecular formula is C12H21N3O3. The van der Waals surface area contributed by atoms with Gasteiger partial charge in [-0.2, -0.15) is 4.98 Å². The van der Waals surface area contributed by atoms with Crippen LogP contribution in [0.25, 0.3) is 0 Å². The molecule has 0 aromatic carbocycles. The van der Waals surface area contributed by atoms with Crippen LogP contribution in [0.5, 0.6) is 0 Å². The summed E-state index contributed by atoms with van der Waals surface area (Å²) in [6.07, 6.45) is 0.756. The largest absolute Gasteiger partial charge is 0.379 e. The van der Waals surface area contributed by atoms with Crippen molar-refractivity contribution in [1.82, 2.24) is 15.5 Å². The van der Waals surface area contributed by atoms with Gasteiger partial charge in [-0.15, -0.1) is 0 Å². The normalized spacial score (nSPS) is 25.5. The summed E-state index contributed by atoms with van der Waals surface area (Å²) in [7, 11) is 1.92. The summed E-state index contributed by atoms with van der Waals surface area (Å²) >= 11 is 0. The summed E-state index contributed by atoms with van der Waals surface area (Å²) in [4.78, 5) is 4.46. The van der Waals surface area contributed by atoms with Gasteiger partial charge in [0.2, 0.25) is 11.7 Å². The number of ether oxygens (including phenoxy) is 2. The molecule has 0 bridgehead atoms. The summed E-state index contributed by atoms with van der Waals surface area (Å²) in [5.74, 6) is 1.41. The highest BCUT2D eigenvalue weighted by molar-refractivity contribution is 5.03. The lowest BCUT2D eigenvalue weighted by molar-refractivity contribution is 0.0518. The lowest BCUT2D eigenvalue weighted by atomic mass is 10.0. The van der Waals surface area contributed by atoms with Gasteiger partial charge < -0.3 is 19.3 Å². The van der Waals surface area contributed by atoms with Crippen molar-refractivity contribution in [3.05, 3.63) is 11.7 Å². The molecule has 6 nitrogen and oxygen atoms in total. The van der Waals surface area contributed by atoms with Crippen molar-refractivity contribution in [3.63, 3.8) is 0 Å². The van der Waals surface area contributed by atoms with Crippen LogP contribution in [-0.2, 0) is 9.47 Å². The molecule has 6 heteroatoms. The Labute approximate surface area is 107 Å². The average molecular weight is 255 g/mol. The zero-order chi connectivity index (χ0) is 13.0. The summed E-state index contributed by atoms with van der Waals surface area (Å²) in [6.45, 7) is 5.96. The van der Waals surface area contributed by atoms with Crippen molar-refractivity contribution in [3.8, 4) is 0 Å². The molecule has 1 N–H and O–H groups in total. The summed E-state index contributed by atoms with van der Waals surface area (Å²) in [5, 5.41) is 7.23. The zero-order valence-electron chi connectivity index (χ0n) is 11.2. The first-order valence-electron chi connectivity index (χ1n) is 6.50. The van der Waals surface area contributed by atoms with Crippen LogP contribution in [0.15, 0.2) is 4.52 Å². The van der Waals surface area contributed by atoms with Crippen LogP contribution in [-0.4, -0.2) is 43.1 Å². The molecule has 102 valence electrons. The SMILES string of the molecule is CCOC(CC)c1noc(C2COCC2NC)n1. The minimum Gasteiger partial charge on any atom is -0.379 e. The Morgan fingerprint density at radius 2 is 2.28 bits per heavy atom. The molecule has 0 aliphatic carbocycles. The van der Waals surface area contributed by atoms with Crippen molar-refractivity contribution in [1.29, 1.82) is 0 Å². The Bertz CT molecular complexity index is 369. The third kappa shape index (κ3) is 2.71. The maximum absolute atomic E-state index is 5.57. The van der Waals surface area contributed by atoms with E-state index in [0.29, 0.717) is 31.5 Å². The number of likely N-dealkylation sites (N-methyl/N-ethyl adjacent to an activating group) is 1. The molecule has 1 aliphatic rings. The van der Waals surface area contributed by atoms with Gasteiger partial charge in [0.1, 0.15) is 6.10 Å². The van der Waals surface area contributed by atoms with Gasteiger partial charge in [-0.3, -0.25) is 0 Å². The third-order valence-electron chi connectivity index (χ3n) is 3.25. The lowest BCUT2D eigenvalue weighted by Gasteiger charge is -2.12. The highest BCUT2D eigenvalue weighted by Crippen LogP contribution is 2.26. The number of nitrogens with one attached hydrogen (secondary N) is 1. The van der Waals surface area contributed by atoms with Gasteiger partial charge in [-0.1, -0.05) is 12.1 Å². The van der Waals surface area contributed by atoms with Gasteiger partial charge in [0.05, 0.1) is 19.1 Å². The van der Waals surface area contributed by atoms with Crippen LogP contribution in [0.2, 0.25) is 0 Å². The van der Waals surface area contributed by atoms with E-state index in [4.69, 9.17) is 14.0 Å². The Balaban J connectivity index is 2.09. The standard InChI is InChI=1S/C12H21N3O3/c1-4-10(17-5-2)11-14-12(18-15-11)8-6-16-7-9(8)13-3/h8-10,13H,4-7H2,1-3H3. The molecule has 0 spiro atoms. The van der Waals surface area contributed by atoms with Crippen molar-refractivity contribution in [2.24, 2.45) is 0 Å². The molecule has 0 radical (unpaired) electrons. The van der Waals surface area contributed by atoms with Gasteiger partial charge in [0.25, 0.3) is 0 Å². The van der Waals surface area contributed by atoms with E-state index < -0.39 is 0 Å². The maximum Gasteiger partial charge on any atom is 0.233 e. The Hall–Kier alpha value is -0.980. The predicted octanol–water partition coefficient (Wildman–Crippen LogP) is 1.26. The van der Waals surface area contributed by atoms with Gasteiger partial charge in [-0.25, -0.2) is 0 Å². The molecular weight excluding hydrogens is 234 g/mol. The Kier molecular flexibility index (Phi) is 4.68. The van der Waals surface area contributed by atoms with Crippen LogP contribution in [0, 0.1) is 0 Å². The molecule has 3 unspecified atom stereocenters. The van der Waals surface area contributed by atoms with E-state index in [0.717, 1.165) is 6.42 Å². The summed E-state index contributed by atoms with van der Waals surface area (Å²) in [5.41, 5.74) is 0. The molecule has 1 aromatic heterocycles. The number of aromatic nitrogens is 2. The topological polar surface area (TPSA) is 69.4 Å². The summed E-state index contributed by atoms with van der Waals surface area (Å²) < 4.78 is 16.4. The van der Waals surface area contributed by atoms with Gasteiger partial charge in [0.15, 0.2) is 0 Å². The van der Waals surface area contributed by atoms with E-state index in [1.54, 1.807) is 0 Å². The number of hydrogen-bond donors (Lipinski definition) is 1. The molecule has 0 saturated carbocycles. The quantitative estimate of drug-likeness (QED) is 0.825. The summed E-state index contributed by atoms with van der Waals surface area (Å²) in [6, 6.07) is 0.241. The molecule has 18 heavy (non-hydrogen) atoms. The molecule has 2 heterocycles. The van der Waals surface area contributed by atoms with Crippen LogP contribution < -0.4 is 5.32 Å². The van der Waals surface area contributed by atoms with E-state index in [1.165, 1.54) is 0 Å². The molecule has 3 atom stereocenters. The Morgan fingerprint density at radius 3 is 2.94 bits per heavy atom. The lowest BCUT2D eigenvalue weighted by Crippen LogP contribution is -2.31. The third-order valence-corrected chi connectivity index (χ3v) is 3.25. The van der Waals surface area contributed by atoms with E-state index in [1.807, 2.05) is 20.9 Å². The molecule has 1 saturated heterocycles. The maximum atomic E-state index is 5.57. The van der Waals surface area contributed by atoms with E-state index in [2.05, 4.69) is 15.5 Å². The van der Waals surface area contributed by atoms with Gasteiger partial charge in [0, 0.05) is 12.6 Å². The fraction of sp³-hybridized carbons (Fsp3) is 0.833. The zero-order valence-corrected chi connectivity index (χ0v) is 11.2. The van der Waals surface area contributed by atoms with Crippen molar-refractivity contribution >= 4 is 0 Å².